The van der Waals surface area contributed by atoms with Crippen molar-refractivity contribution in [3.63, 3.8) is 0 Å². The minimum atomic E-state index is -5.05. The number of non-ortho nitro benzene ring substituents is 1. The predicted molar refractivity (Wildman–Crippen MR) is 90.5 cm³/mol. The van der Waals surface area contributed by atoms with E-state index in [9.17, 15) is 31.7 Å². The number of halogens is 4. The zero-order valence-electron chi connectivity index (χ0n) is 14.0. The Morgan fingerprint density at radius 1 is 1.35 bits per heavy atom. The second kappa shape index (κ2) is 7.29. The third-order valence-electron chi connectivity index (χ3n) is 4.37. The fourth-order valence-electron chi connectivity index (χ4n) is 2.75. The first-order chi connectivity index (χ1) is 11.3. The maximum Gasteiger partial charge on any atom is 0.417 e. The lowest BCUT2D eigenvalue weighted by Gasteiger charge is -2.41. The summed E-state index contributed by atoms with van der Waals surface area (Å²) in [6.07, 6.45) is -4.74. The number of nitro benzene ring substituents is 1. The largest absolute Gasteiger partial charge is 0.417 e. The molecule has 0 radical (unpaired) electrons. The molecule has 0 saturated carbocycles. The molecule has 0 amide bonds. The van der Waals surface area contributed by atoms with Crippen LogP contribution in [0.1, 0.15) is 25.8 Å². The van der Waals surface area contributed by atoms with Gasteiger partial charge in [-0.15, -0.1) is 12.4 Å². The number of nitrogens with zero attached hydrogens (tertiary/aromatic N) is 2. The molecule has 26 heavy (non-hydrogen) atoms. The van der Waals surface area contributed by atoms with Crippen LogP contribution in [0.15, 0.2) is 23.1 Å². The standard InChI is InChI=1S/C14H18F3N3O4S.ClH/c1-13(2)8-19(6-5-12(13)18)25(23,24)11-4-3-9(20(21)22)7-10(11)14(15,16)17;/h3-4,7,12H,5-6,8,18H2,1-2H3;1H. The number of hydrogen-bond acceptors (Lipinski definition) is 5. The number of nitrogens with two attached hydrogens (primary N) is 1. The van der Waals surface area contributed by atoms with Crippen LogP contribution in [0, 0.1) is 15.5 Å². The van der Waals surface area contributed by atoms with Gasteiger partial charge in [-0.05, 0) is 17.9 Å². The van der Waals surface area contributed by atoms with E-state index in [1.807, 2.05) is 0 Å². The average Bonchev–Trinajstić information content (AvgIpc) is 2.48. The van der Waals surface area contributed by atoms with Crippen LogP contribution in [0.3, 0.4) is 0 Å². The van der Waals surface area contributed by atoms with Gasteiger partial charge in [0.2, 0.25) is 10.0 Å². The molecule has 1 saturated heterocycles. The zero-order chi connectivity index (χ0) is 19.2. The van der Waals surface area contributed by atoms with Crippen molar-refractivity contribution in [2.45, 2.75) is 37.4 Å². The second-order valence-corrected chi connectivity index (χ2v) is 8.56. The highest BCUT2D eigenvalue weighted by atomic mass is 35.5. The van der Waals surface area contributed by atoms with Crippen molar-refractivity contribution in [3.8, 4) is 0 Å². The van der Waals surface area contributed by atoms with Crippen molar-refractivity contribution in [2.24, 2.45) is 11.1 Å². The number of rotatable bonds is 3. The molecule has 1 aromatic rings. The number of sulfonamides is 1. The average molecular weight is 418 g/mol. The van der Waals surface area contributed by atoms with E-state index in [1.54, 1.807) is 13.8 Å². The molecular weight excluding hydrogens is 399 g/mol. The molecule has 1 unspecified atom stereocenters. The van der Waals surface area contributed by atoms with Crippen molar-refractivity contribution in [3.05, 3.63) is 33.9 Å². The summed E-state index contributed by atoms with van der Waals surface area (Å²) in [6, 6.07) is 1.35. The third-order valence-corrected chi connectivity index (χ3v) is 6.28. The lowest BCUT2D eigenvalue weighted by atomic mass is 9.81. The molecule has 148 valence electrons. The van der Waals surface area contributed by atoms with E-state index >= 15 is 0 Å². The number of alkyl halides is 3. The maximum absolute atomic E-state index is 13.3. The maximum atomic E-state index is 13.3. The summed E-state index contributed by atoms with van der Waals surface area (Å²) in [5.74, 6) is 0. The number of piperidine rings is 1. The molecule has 2 rings (SSSR count). The number of hydrogen-bond donors (Lipinski definition) is 1. The van der Waals surface area contributed by atoms with Gasteiger partial charge in [-0.2, -0.15) is 17.5 Å². The lowest BCUT2D eigenvalue weighted by Crippen LogP contribution is -2.54. The summed E-state index contributed by atoms with van der Waals surface area (Å²) in [5, 5.41) is 10.7. The Balaban J connectivity index is 0.00000338. The van der Waals surface area contributed by atoms with Crippen LogP contribution in [0.2, 0.25) is 0 Å². The summed E-state index contributed by atoms with van der Waals surface area (Å²) in [4.78, 5) is 8.73. The highest BCUT2D eigenvalue weighted by molar-refractivity contribution is 7.89. The van der Waals surface area contributed by atoms with Crippen LogP contribution < -0.4 is 5.73 Å². The van der Waals surface area contributed by atoms with E-state index in [1.165, 1.54) is 0 Å². The molecule has 0 bridgehead atoms. The van der Waals surface area contributed by atoms with Gasteiger partial charge in [0.1, 0.15) is 0 Å². The quantitative estimate of drug-likeness (QED) is 0.601. The molecular formula is C14H19ClF3N3O4S. The highest BCUT2D eigenvalue weighted by Gasteiger charge is 2.43. The first kappa shape index (κ1) is 22.6. The van der Waals surface area contributed by atoms with Gasteiger partial charge < -0.3 is 5.73 Å². The molecule has 2 N–H and O–H groups in total. The van der Waals surface area contributed by atoms with Gasteiger partial charge in [0, 0.05) is 31.3 Å². The third kappa shape index (κ3) is 4.27. The van der Waals surface area contributed by atoms with Crippen molar-refractivity contribution in [1.29, 1.82) is 0 Å². The molecule has 0 aromatic heterocycles. The van der Waals surface area contributed by atoms with Crippen molar-refractivity contribution < 1.29 is 26.5 Å². The summed E-state index contributed by atoms with van der Waals surface area (Å²) in [7, 11) is -4.48. The molecule has 0 spiro atoms. The molecule has 1 aliphatic rings. The minimum Gasteiger partial charge on any atom is -0.327 e. The predicted octanol–water partition coefficient (Wildman–Crippen LogP) is 2.78. The molecule has 7 nitrogen and oxygen atoms in total. The Morgan fingerprint density at radius 2 is 1.92 bits per heavy atom. The van der Waals surface area contributed by atoms with Crippen molar-refractivity contribution in [2.75, 3.05) is 13.1 Å². The summed E-state index contributed by atoms with van der Waals surface area (Å²) in [6.45, 7) is 3.42. The van der Waals surface area contributed by atoms with E-state index in [0.29, 0.717) is 12.5 Å². The number of nitro groups is 1. The Labute approximate surface area is 155 Å². The number of benzene rings is 1. The van der Waals surface area contributed by atoms with Crippen LogP contribution in [-0.4, -0.2) is 36.8 Å². The van der Waals surface area contributed by atoms with E-state index in [4.69, 9.17) is 5.73 Å². The molecule has 1 fully saturated rings. The SMILES string of the molecule is CC1(C)CN(S(=O)(=O)c2ccc([N+](=O)[O-])cc2C(F)(F)F)CCC1N.Cl. The molecule has 0 aliphatic carbocycles. The first-order valence-electron chi connectivity index (χ1n) is 7.38. The molecule has 1 atom stereocenters. The van der Waals surface area contributed by atoms with Gasteiger partial charge in [-0.25, -0.2) is 8.42 Å². The van der Waals surface area contributed by atoms with Gasteiger partial charge >= 0.3 is 6.18 Å². The van der Waals surface area contributed by atoms with Crippen LogP contribution in [-0.2, 0) is 16.2 Å². The van der Waals surface area contributed by atoms with E-state index < -0.39 is 42.7 Å². The second-order valence-electron chi connectivity index (χ2n) is 6.66. The van der Waals surface area contributed by atoms with Crippen LogP contribution in [0.25, 0.3) is 0 Å². The first-order valence-corrected chi connectivity index (χ1v) is 8.82. The van der Waals surface area contributed by atoms with Crippen LogP contribution in [0.5, 0.6) is 0 Å². The topological polar surface area (TPSA) is 107 Å². The van der Waals surface area contributed by atoms with Crippen molar-refractivity contribution >= 4 is 28.1 Å². The van der Waals surface area contributed by atoms with Crippen LogP contribution >= 0.6 is 12.4 Å². The monoisotopic (exact) mass is 417 g/mol. The molecule has 1 heterocycles. The Kier molecular flexibility index (Phi) is 6.34. The molecule has 1 aliphatic heterocycles. The van der Waals surface area contributed by atoms with Gasteiger partial charge in [0.15, 0.2) is 0 Å². The van der Waals surface area contributed by atoms with Crippen molar-refractivity contribution in [1.82, 2.24) is 4.31 Å². The van der Waals surface area contributed by atoms with E-state index in [-0.39, 0.29) is 37.6 Å². The molecule has 12 heteroatoms. The van der Waals surface area contributed by atoms with E-state index in [2.05, 4.69) is 0 Å². The molecule has 1 aromatic carbocycles. The smallest absolute Gasteiger partial charge is 0.327 e. The van der Waals surface area contributed by atoms with Gasteiger partial charge in [0.05, 0.1) is 15.4 Å². The van der Waals surface area contributed by atoms with Gasteiger partial charge in [-0.3, -0.25) is 10.1 Å². The Bertz CT molecular complexity index is 799. The van der Waals surface area contributed by atoms with Crippen LogP contribution in [0.4, 0.5) is 18.9 Å². The highest BCUT2D eigenvalue weighted by Crippen LogP contribution is 2.39. The summed E-state index contributed by atoms with van der Waals surface area (Å²) in [5.41, 5.74) is 2.95. The van der Waals surface area contributed by atoms with Gasteiger partial charge in [-0.1, -0.05) is 13.8 Å². The Hall–Kier alpha value is -1.43. The summed E-state index contributed by atoms with van der Waals surface area (Å²) < 4.78 is 66.3. The fourth-order valence-corrected chi connectivity index (χ4v) is 4.57. The van der Waals surface area contributed by atoms with Gasteiger partial charge in [0.25, 0.3) is 5.69 Å². The van der Waals surface area contributed by atoms with E-state index in [0.717, 1.165) is 10.4 Å². The summed E-state index contributed by atoms with van der Waals surface area (Å²) >= 11 is 0. The zero-order valence-corrected chi connectivity index (χ0v) is 15.6. The fraction of sp³-hybridized carbons (Fsp3) is 0.571. The minimum absolute atomic E-state index is 0. The lowest BCUT2D eigenvalue weighted by molar-refractivity contribution is -0.385. The Morgan fingerprint density at radius 3 is 2.38 bits per heavy atom. The normalized spacial score (nSPS) is 21.1.